The van der Waals surface area contributed by atoms with E-state index in [2.05, 4.69) is 6.07 Å². The minimum atomic E-state index is 0.174. The number of rotatable bonds is 7. The first kappa shape index (κ1) is 14.9. The molecule has 0 bridgehead atoms. The Morgan fingerprint density at radius 2 is 2.25 bits per heavy atom. The van der Waals surface area contributed by atoms with Crippen LogP contribution in [-0.2, 0) is 17.6 Å². The number of aliphatic hydroxyl groups is 1. The number of aryl methyl sites for hydroxylation is 1. The highest BCUT2D eigenvalue weighted by Gasteiger charge is 2.18. The second kappa shape index (κ2) is 7.92. The summed E-state index contributed by atoms with van der Waals surface area (Å²) in [6, 6.07) is 4.06. The maximum atomic E-state index is 8.81. The van der Waals surface area contributed by atoms with Crippen LogP contribution in [0.15, 0.2) is 24.3 Å². The minimum Gasteiger partial charge on any atom is -0.493 e. The molecule has 4 heteroatoms. The standard InChI is InChI=1S/C16H22O4/c1-18-12-20-15-9-8-13-6-5-11-19-16(13)14(15)7-3-2-4-10-17/h2-3,8-9,17H,4-7,10-12H2,1H3. The first-order valence-electron chi connectivity index (χ1n) is 7.02. The average Bonchev–Trinajstić information content (AvgIpc) is 2.50. The Balaban J connectivity index is 2.22. The van der Waals surface area contributed by atoms with E-state index in [0.717, 1.165) is 42.9 Å². The first-order valence-corrected chi connectivity index (χ1v) is 7.02. The van der Waals surface area contributed by atoms with Crippen LogP contribution >= 0.6 is 0 Å². The molecule has 0 aliphatic carbocycles. The lowest BCUT2D eigenvalue weighted by Gasteiger charge is -2.22. The Labute approximate surface area is 120 Å². The number of fused-ring (bicyclic) bond motifs is 1. The molecule has 1 aromatic carbocycles. The van der Waals surface area contributed by atoms with E-state index in [4.69, 9.17) is 19.3 Å². The van der Waals surface area contributed by atoms with Crippen LogP contribution < -0.4 is 9.47 Å². The third-order valence-electron chi connectivity index (χ3n) is 3.25. The van der Waals surface area contributed by atoms with Crippen molar-refractivity contribution in [1.29, 1.82) is 0 Å². The molecule has 0 saturated heterocycles. The van der Waals surface area contributed by atoms with Crippen LogP contribution in [0.2, 0.25) is 0 Å². The van der Waals surface area contributed by atoms with Crippen LogP contribution in [0, 0.1) is 0 Å². The molecule has 1 aromatic rings. The molecule has 0 radical (unpaired) electrons. The van der Waals surface area contributed by atoms with E-state index >= 15 is 0 Å². The van der Waals surface area contributed by atoms with Crippen LogP contribution in [0.1, 0.15) is 24.0 Å². The van der Waals surface area contributed by atoms with E-state index in [-0.39, 0.29) is 13.4 Å². The van der Waals surface area contributed by atoms with Crippen molar-refractivity contribution in [3.8, 4) is 11.5 Å². The van der Waals surface area contributed by atoms with Gasteiger partial charge in [-0.1, -0.05) is 18.2 Å². The molecule has 1 aliphatic rings. The molecule has 0 amide bonds. The molecule has 0 saturated carbocycles. The summed E-state index contributed by atoms with van der Waals surface area (Å²) in [7, 11) is 1.61. The molecule has 1 N–H and O–H groups in total. The van der Waals surface area contributed by atoms with Gasteiger partial charge in [0.05, 0.1) is 6.61 Å². The number of methoxy groups -OCH3 is 1. The van der Waals surface area contributed by atoms with Gasteiger partial charge in [0.15, 0.2) is 6.79 Å². The Morgan fingerprint density at radius 3 is 3.05 bits per heavy atom. The quantitative estimate of drug-likeness (QED) is 0.615. The van der Waals surface area contributed by atoms with Crippen LogP contribution in [0.3, 0.4) is 0 Å². The summed E-state index contributed by atoms with van der Waals surface area (Å²) in [6.07, 6.45) is 7.54. The highest BCUT2D eigenvalue weighted by molar-refractivity contribution is 5.51. The van der Waals surface area contributed by atoms with Crippen molar-refractivity contribution >= 4 is 0 Å². The zero-order chi connectivity index (χ0) is 14.2. The van der Waals surface area contributed by atoms with Crippen molar-refractivity contribution in [1.82, 2.24) is 0 Å². The van der Waals surface area contributed by atoms with Gasteiger partial charge in [-0.05, 0) is 37.3 Å². The Kier molecular flexibility index (Phi) is 5.89. The fourth-order valence-corrected chi connectivity index (χ4v) is 2.32. The van der Waals surface area contributed by atoms with Gasteiger partial charge in [0.1, 0.15) is 11.5 Å². The van der Waals surface area contributed by atoms with Crippen LogP contribution in [0.4, 0.5) is 0 Å². The van der Waals surface area contributed by atoms with Crippen molar-refractivity contribution in [3.63, 3.8) is 0 Å². The minimum absolute atomic E-state index is 0.174. The predicted molar refractivity (Wildman–Crippen MR) is 77.3 cm³/mol. The average molecular weight is 278 g/mol. The van der Waals surface area contributed by atoms with Gasteiger partial charge in [0.2, 0.25) is 0 Å². The Hall–Kier alpha value is -1.52. The Bertz CT molecular complexity index is 454. The Morgan fingerprint density at radius 1 is 1.35 bits per heavy atom. The molecule has 110 valence electrons. The zero-order valence-corrected chi connectivity index (χ0v) is 11.9. The summed E-state index contributed by atoms with van der Waals surface area (Å²) in [4.78, 5) is 0. The topological polar surface area (TPSA) is 47.9 Å². The van der Waals surface area contributed by atoms with Crippen molar-refractivity contribution in [2.24, 2.45) is 0 Å². The van der Waals surface area contributed by atoms with Crippen molar-refractivity contribution in [2.45, 2.75) is 25.7 Å². The molecule has 20 heavy (non-hydrogen) atoms. The molecule has 0 aromatic heterocycles. The molecular weight excluding hydrogens is 256 g/mol. The smallest absolute Gasteiger partial charge is 0.188 e. The van der Waals surface area contributed by atoms with Gasteiger partial charge < -0.3 is 19.3 Å². The second-order valence-electron chi connectivity index (χ2n) is 4.72. The van der Waals surface area contributed by atoms with Gasteiger partial charge in [-0.25, -0.2) is 0 Å². The third kappa shape index (κ3) is 3.74. The normalized spacial score (nSPS) is 14.1. The van der Waals surface area contributed by atoms with Crippen LogP contribution in [-0.4, -0.2) is 32.2 Å². The summed E-state index contributed by atoms with van der Waals surface area (Å²) < 4.78 is 16.4. The summed E-state index contributed by atoms with van der Waals surface area (Å²) in [5.74, 6) is 1.76. The number of ether oxygens (including phenoxy) is 3. The third-order valence-corrected chi connectivity index (χ3v) is 3.25. The van der Waals surface area contributed by atoms with Crippen LogP contribution in [0.5, 0.6) is 11.5 Å². The van der Waals surface area contributed by atoms with Gasteiger partial charge in [0, 0.05) is 19.3 Å². The van der Waals surface area contributed by atoms with E-state index in [1.54, 1.807) is 7.11 Å². The van der Waals surface area contributed by atoms with E-state index in [9.17, 15) is 0 Å². The van der Waals surface area contributed by atoms with Crippen molar-refractivity contribution in [2.75, 3.05) is 27.1 Å². The van der Waals surface area contributed by atoms with Gasteiger partial charge in [-0.15, -0.1) is 0 Å². The highest BCUT2D eigenvalue weighted by atomic mass is 16.7. The molecule has 1 heterocycles. The number of benzene rings is 1. The fraction of sp³-hybridized carbons (Fsp3) is 0.500. The fourth-order valence-electron chi connectivity index (χ4n) is 2.32. The van der Waals surface area contributed by atoms with Gasteiger partial charge in [0.25, 0.3) is 0 Å². The van der Waals surface area contributed by atoms with E-state index in [1.165, 1.54) is 5.56 Å². The molecule has 4 nitrogen and oxygen atoms in total. The zero-order valence-electron chi connectivity index (χ0n) is 11.9. The summed E-state index contributed by atoms with van der Waals surface area (Å²) in [6.45, 7) is 1.16. The van der Waals surface area contributed by atoms with Crippen LogP contribution in [0.25, 0.3) is 0 Å². The van der Waals surface area contributed by atoms with Gasteiger partial charge in [-0.3, -0.25) is 0 Å². The van der Waals surface area contributed by atoms with Crippen molar-refractivity contribution < 1.29 is 19.3 Å². The number of hydrogen-bond acceptors (Lipinski definition) is 4. The van der Waals surface area contributed by atoms with E-state index < -0.39 is 0 Å². The highest BCUT2D eigenvalue weighted by Crippen LogP contribution is 2.36. The number of hydrogen-bond donors (Lipinski definition) is 1. The lowest BCUT2D eigenvalue weighted by Crippen LogP contribution is -2.12. The van der Waals surface area contributed by atoms with Gasteiger partial charge in [-0.2, -0.15) is 0 Å². The second-order valence-corrected chi connectivity index (χ2v) is 4.72. The molecule has 0 fully saturated rings. The summed E-state index contributed by atoms with van der Waals surface area (Å²) in [5, 5.41) is 8.81. The lowest BCUT2D eigenvalue weighted by atomic mass is 9.99. The lowest BCUT2D eigenvalue weighted by molar-refractivity contribution is 0.0502. The SMILES string of the molecule is COCOc1ccc2c(c1CC=CCCO)OCCC2. The first-order chi connectivity index (χ1) is 9.86. The number of allylic oxidation sites excluding steroid dienone is 1. The molecule has 1 aliphatic heterocycles. The molecule has 0 atom stereocenters. The molecule has 0 unspecified atom stereocenters. The number of aliphatic hydroxyl groups excluding tert-OH is 1. The largest absolute Gasteiger partial charge is 0.493 e. The maximum Gasteiger partial charge on any atom is 0.188 e. The molecular formula is C16H22O4. The maximum absolute atomic E-state index is 8.81. The molecule has 2 rings (SSSR count). The van der Waals surface area contributed by atoms with Gasteiger partial charge >= 0.3 is 0 Å². The predicted octanol–water partition coefficient (Wildman–Crippen LogP) is 2.48. The van der Waals surface area contributed by atoms with E-state index in [1.807, 2.05) is 18.2 Å². The monoisotopic (exact) mass is 278 g/mol. The summed E-state index contributed by atoms with van der Waals surface area (Å²) >= 11 is 0. The molecule has 0 spiro atoms. The summed E-state index contributed by atoms with van der Waals surface area (Å²) in [5.41, 5.74) is 2.31. The van der Waals surface area contributed by atoms with Crippen molar-refractivity contribution in [3.05, 3.63) is 35.4 Å². The van der Waals surface area contributed by atoms with E-state index in [0.29, 0.717) is 6.42 Å².